The topological polar surface area (TPSA) is 66.5 Å². The molecule has 5 nitrogen and oxygen atoms in total. The third-order valence-corrected chi connectivity index (χ3v) is 5.24. The van der Waals surface area contributed by atoms with Gasteiger partial charge in [-0.3, -0.25) is 19.3 Å². The summed E-state index contributed by atoms with van der Waals surface area (Å²) in [6, 6.07) is 11.8. The lowest BCUT2D eigenvalue weighted by atomic mass is 10.1. The third kappa shape index (κ3) is 4.49. The van der Waals surface area contributed by atoms with Crippen LogP contribution in [0.2, 0.25) is 10.0 Å². The van der Waals surface area contributed by atoms with E-state index in [0.717, 1.165) is 11.1 Å². The molecule has 1 heterocycles. The number of amides is 3. The van der Waals surface area contributed by atoms with E-state index in [4.69, 9.17) is 23.2 Å². The summed E-state index contributed by atoms with van der Waals surface area (Å²) in [5.41, 5.74) is 2.14. The van der Waals surface area contributed by atoms with Crippen LogP contribution in [0.3, 0.4) is 0 Å². The van der Waals surface area contributed by atoms with Crippen LogP contribution in [0, 0.1) is 0 Å². The van der Waals surface area contributed by atoms with Crippen LogP contribution in [0.15, 0.2) is 42.5 Å². The first-order valence-corrected chi connectivity index (χ1v) is 9.28. The monoisotopic (exact) mass is 404 g/mol. The van der Waals surface area contributed by atoms with Gasteiger partial charge in [0.25, 0.3) is 5.91 Å². The zero-order valence-corrected chi connectivity index (χ0v) is 16.2. The molecule has 1 aliphatic heterocycles. The molecule has 2 aromatic carbocycles. The summed E-state index contributed by atoms with van der Waals surface area (Å²) in [6.45, 7) is 2.09. The largest absolute Gasteiger partial charge is 0.346 e. The number of carbonyl (C=O) groups is 3. The normalized spacial score (nSPS) is 15.1. The molecule has 0 spiro atoms. The van der Waals surface area contributed by atoms with Crippen LogP contribution in [0.25, 0.3) is 0 Å². The zero-order valence-electron chi connectivity index (χ0n) is 14.7. The van der Waals surface area contributed by atoms with Crippen molar-refractivity contribution in [1.82, 2.24) is 10.2 Å². The van der Waals surface area contributed by atoms with Crippen molar-refractivity contribution < 1.29 is 14.4 Å². The molecule has 3 amide bonds. The van der Waals surface area contributed by atoms with E-state index < -0.39 is 0 Å². The third-order valence-electron chi connectivity index (χ3n) is 4.50. The van der Waals surface area contributed by atoms with E-state index in [1.807, 2.05) is 13.0 Å². The first-order chi connectivity index (χ1) is 12.8. The molecule has 1 N–H and O–H groups in total. The molecular formula is C20H18Cl2N2O3. The smallest absolute Gasteiger partial charge is 0.251 e. The van der Waals surface area contributed by atoms with Gasteiger partial charge in [0.2, 0.25) is 11.8 Å². The number of nitrogens with one attached hydrogen (secondary N) is 1. The molecule has 1 fully saturated rings. The lowest BCUT2D eigenvalue weighted by Gasteiger charge is -2.16. The molecule has 1 aliphatic rings. The van der Waals surface area contributed by atoms with Crippen LogP contribution >= 0.6 is 23.2 Å². The summed E-state index contributed by atoms with van der Waals surface area (Å²) in [7, 11) is 0. The van der Waals surface area contributed by atoms with Crippen molar-refractivity contribution in [2.75, 3.05) is 0 Å². The molecule has 1 atom stereocenters. The molecule has 2 aromatic rings. The maximum absolute atomic E-state index is 12.5. The van der Waals surface area contributed by atoms with Crippen molar-refractivity contribution in [3.05, 3.63) is 69.2 Å². The van der Waals surface area contributed by atoms with Crippen molar-refractivity contribution in [3.8, 4) is 0 Å². The van der Waals surface area contributed by atoms with Gasteiger partial charge in [0.1, 0.15) is 0 Å². The highest BCUT2D eigenvalue weighted by molar-refractivity contribution is 6.42. The second-order valence-electron chi connectivity index (χ2n) is 6.44. The first kappa shape index (κ1) is 19.4. The summed E-state index contributed by atoms with van der Waals surface area (Å²) in [4.78, 5) is 37.1. The molecule has 0 unspecified atom stereocenters. The molecule has 0 aromatic heterocycles. The van der Waals surface area contributed by atoms with Crippen molar-refractivity contribution in [3.63, 3.8) is 0 Å². The lowest BCUT2D eigenvalue weighted by Crippen LogP contribution is -2.28. The summed E-state index contributed by atoms with van der Waals surface area (Å²) in [6.07, 6.45) is 0.540. The van der Waals surface area contributed by atoms with E-state index in [0.29, 0.717) is 15.6 Å². The minimum Gasteiger partial charge on any atom is -0.346 e. The summed E-state index contributed by atoms with van der Waals surface area (Å²) in [5.74, 6) is -0.539. The number of imide groups is 1. The average Bonchev–Trinajstić information content (AvgIpc) is 2.96. The number of carbonyl (C=O) groups excluding carboxylic acids is 3. The zero-order chi connectivity index (χ0) is 19.6. The van der Waals surface area contributed by atoms with Gasteiger partial charge in [-0.1, -0.05) is 41.4 Å². The van der Waals surface area contributed by atoms with Crippen LogP contribution in [0.5, 0.6) is 0 Å². The Morgan fingerprint density at radius 2 is 1.67 bits per heavy atom. The Bertz CT molecular complexity index is 881. The standard InChI is InChI=1S/C20H18Cl2N2O3/c1-12(15-6-7-16(21)17(22)10-15)23-20(27)14-4-2-13(3-5-14)11-24-18(25)8-9-19(24)26/h2-7,10,12H,8-9,11H2,1H3,(H,23,27)/t12-/m0/s1. The SMILES string of the molecule is C[C@H](NC(=O)c1ccc(CN2C(=O)CCC2=O)cc1)c1ccc(Cl)c(Cl)c1. The minimum atomic E-state index is -0.244. The molecule has 27 heavy (non-hydrogen) atoms. The Balaban J connectivity index is 1.64. The second kappa shape index (κ2) is 8.11. The predicted molar refractivity (Wildman–Crippen MR) is 104 cm³/mol. The van der Waals surface area contributed by atoms with Crippen molar-refractivity contribution >= 4 is 40.9 Å². The molecule has 0 radical (unpaired) electrons. The maximum atomic E-state index is 12.5. The van der Waals surface area contributed by atoms with Crippen LogP contribution in [-0.2, 0) is 16.1 Å². The predicted octanol–water partition coefficient (Wildman–Crippen LogP) is 4.13. The van der Waals surface area contributed by atoms with E-state index in [-0.39, 0.29) is 43.1 Å². The highest BCUT2D eigenvalue weighted by Gasteiger charge is 2.28. The Kier molecular flexibility index (Phi) is 5.82. The molecule has 140 valence electrons. The lowest BCUT2D eigenvalue weighted by molar-refractivity contribution is -0.139. The van der Waals surface area contributed by atoms with E-state index in [9.17, 15) is 14.4 Å². The molecule has 0 bridgehead atoms. The number of halogens is 2. The van der Waals surface area contributed by atoms with Gasteiger partial charge in [0.15, 0.2) is 0 Å². The van der Waals surface area contributed by atoms with Gasteiger partial charge in [-0.15, -0.1) is 0 Å². The Morgan fingerprint density at radius 1 is 1.04 bits per heavy atom. The van der Waals surface area contributed by atoms with E-state index in [2.05, 4.69) is 5.32 Å². The van der Waals surface area contributed by atoms with Crippen LogP contribution < -0.4 is 5.32 Å². The fourth-order valence-corrected chi connectivity index (χ4v) is 3.19. The van der Waals surface area contributed by atoms with Crippen molar-refractivity contribution in [1.29, 1.82) is 0 Å². The number of benzene rings is 2. The average molecular weight is 405 g/mol. The minimum absolute atomic E-state index is 0.155. The highest BCUT2D eigenvalue weighted by atomic mass is 35.5. The number of hydrogen-bond donors (Lipinski definition) is 1. The quantitative estimate of drug-likeness (QED) is 0.761. The number of nitrogens with zero attached hydrogens (tertiary/aromatic N) is 1. The van der Waals surface area contributed by atoms with E-state index >= 15 is 0 Å². The van der Waals surface area contributed by atoms with Crippen LogP contribution in [0.4, 0.5) is 0 Å². The number of hydrogen-bond acceptors (Lipinski definition) is 3. The van der Waals surface area contributed by atoms with E-state index in [1.54, 1.807) is 36.4 Å². The number of likely N-dealkylation sites (tertiary alicyclic amines) is 1. The van der Waals surface area contributed by atoms with Gasteiger partial charge in [0.05, 0.1) is 22.6 Å². The summed E-state index contributed by atoms with van der Waals surface area (Å²) in [5, 5.41) is 3.80. The fourth-order valence-electron chi connectivity index (χ4n) is 2.89. The van der Waals surface area contributed by atoms with E-state index in [1.165, 1.54) is 4.90 Å². The molecule has 1 saturated heterocycles. The van der Waals surface area contributed by atoms with Gasteiger partial charge in [-0.25, -0.2) is 0 Å². The van der Waals surface area contributed by atoms with Crippen LogP contribution in [-0.4, -0.2) is 22.6 Å². The van der Waals surface area contributed by atoms with Gasteiger partial charge >= 0.3 is 0 Å². The first-order valence-electron chi connectivity index (χ1n) is 8.53. The number of rotatable bonds is 5. The second-order valence-corrected chi connectivity index (χ2v) is 7.25. The summed E-state index contributed by atoms with van der Waals surface area (Å²) < 4.78 is 0. The van der Waals surface area contributed by atoms with Gasteiger partial charge in [-0.2, -0.15) is 0 Å². The Hall–Kier alpha value is -2.37. The maximum Gasteiger partial charge on any atom is 0.251 e. The Morgan fingerprint density at radius 3 is 2.26 bits per heavy atom. The molecule has 0 aliphatic carbocycles. The van der Waals surface area contributed by atoms with Gasteiger partial charge in [-0.05, 0) is 42.3 Å². The molecule has 7 heteroatoms. The Labute approximate surface area is 167 Å². The van der Waals surface area contributed by atoms with Gasteiger partial charge in [0, 0.05) is 18.4 Å². The van der Waals surface area contributed by atoms with Crippen molar-refractivity contribution in [2.45, 2.75) is 32.4 Å². The summed E-state index contributed by atoms with van der Waals surface area (Å²) >= 11 is 11.9. The fraction of sp³-hybridized carbons (Fsp3) is 0.250. The van der Waals surface area contributed by atoms with Gasteiger partial charge < -0.3 is 5.32 Å². The van der Waals surface area contributed by atoms with Crippen molar-refractivity contribution in [2.24, 2.45) is 0 Å². The molecular weight excluding hydrogens is 387 g/mol. The van der Waals surface area contributed by atoms with Crippen LogP contribution in [0.1, 0.15) is 47.3 Å². The molecule has 0 saturated carbocycles. The molecule has 3 rings (SSSR count). The highest BCUT2D eigenvalue weighted by Crippen LogP contribution is 2.25.